The lowest BCUT2D eigenvalue weighted by Crippen LogP contribution is -2.57. The van der Waals surface area contributed by atoms with Crippen LogP contribution in [-0.4, -0.2) is 62.2 Å². The van der Waals surface area contributed by atoms with Crippen molar-refractivity contribution < 1.29 is 33.5 Å². The predicted octanol–water partition coefficient (Wildman–Crippen LogP) is -1.76. The average molecular weight is 380 g/mol. The molecule has 0 bridgehead atoms. The molecule has 4 atom stereocenters. The van der Waals surface area contributed by atoms with E-state index >= 15 is 0 Å². The van der Waals surface area contributed by atoms with Gasteiger partial charge in [-0.1, -0.05) is 0 Å². The largest absolute Gasteiger partial charge is 0.368 e. The van der Waals surface area contributed by atoms with Crippen molar-refractivity contribution in [3.63, 3.8) is 0 Å². The molecule has 4 amide bonds. The molecule has 6 N–H and O–H groups in total. The van der Waals surface area contributed by atoms with E-state index < -0.39 is 55.1 Å². The maximum absolute atomic E-state index is 12.5. The van der Waals surface area contributed by atoms with E-state index in [1.165, 1.54) is 27.7 Å². The highest BCUT2D eigenvalue weighted by atomic mass is 31.2. The summed E-state index contributed by atoms with van der Waals surface area (Å²) < 4.78 is 11.5. The van der Waals surface area contributed by atoms with Gasteiger partial charge >= 0.3 is 7.60 Å². The summed E-state index contributed by atoms with van der Waals surface area (Å²) in [7, 11) is -4.74. The van der Waals surface area contributed by atoms with Gasteiger partial charge in [-0.05, 0) is 27.7 Å². The number of primary amides is 1. The maximum atomic E-state index is 12.5. The Kier molecular flexibility index (Phi) is 8.23. The summed E-state index contributed by atoms with van der Waals surface area (Å²) >= 11 is 0. The second-order valence-corrected chi connectivity index (χ2v) is 7.62. The number of amides is 4. The van der Waals surface area contributed by atoms with E-state index in [-0.39, 0.29) is 0 Å². The zero-order valence-corrected chi connectivity index (χ0v) is 15.6. The Morgan fingerprint density at radius 1 is 1.00 bits per heavy atom. The van der Waals surface area contributed by atoms with Crippen LogP contribution in [0.5, 0.6) is 0 Å². The molecule has 0 aromatic carbocycles. The standard InChI is InChI=1S/C13H25N4O7P/c1-6(15-9(4)18)12(20)16-7(2)13(21)17(8(3)11(14)19)10(5)25(22,23)24/h6-8,10H,1-5H3,(H2,14,19)(H,15,18)(H,16,20)(H2,22,23,24)/t6-,7-,8-,10+/m0/s1. The lowest BCUT2D eigenvalue weighted by Gasteiger charge is -2.35. The van der Waals surface area contributed by atoms with Crippen molar-refractivity contribution in [2.75, 3.05) is 0 Å². The molecule has 12 heteroatoms. The smallest absolute Gasteiger partial charge is 0.347 e. The van der Waals surface area contributed by atoms with Gasteiger partial charge in [-0.3, -0.25) is 23.7 Å². The monoisotopic (exact) mass is 380 g/mol. The zero-order valence-electron chi connectivity index (χ0n) is 14.7. The number of hydrogen-bond donors (Lipinski definition) is 5. The molecule has 0 aliphatic rings. The Labute approximate surface area is 145 Å². The van der Waals surface area contributed by atoms with Gasteiger partial charge in [0.15, 0.2) is 0 Å². The number of nitrogens with zero attached hydrogens (tertiary/aromatic N) is 1. The quantitative estimate of drug-likeness (QED) is 0.309. The minimum atomic E-state index is -4.74. The van der Waals surface area contributed by atoms with Crippen LogP contribution in [0.3, 0.4) is 0 Å². The van der Waals surface area contributed by atoms with Crippen molar-refractivity contribution in [1.82, 2.24) is 15.5 Å². The van der Waals surface area contributed by atoms with Crippen LogP contribution < -0.4 is 16.4 Å². The summed E-state index contributed by atoms with van der Waals surface area (Å²) in [5.74, 6) is -4.59. The summed E-state index contributed by atoms with van der Waals surface area (Å²) in [5.41, 5.74) is 5.14. The Balaban J connectivity index is 5.37. The molecule has 0 aliphatic carbocycles. The van der Waals surface area contributed by atoms with Crippen molar-refractivity contribution in [3.05, 3.63) is 0 Å². The topological polar surface area (TPSA) is 179 Å². The number of nitrogens with one attached hydrogen (secondary N) is 2. The summed E-state index contributed by atoms with van der Waals surface area (Å²) in [4.78, 5) is 66.1. The second kappa shape index (κ2) is 8.93. The number of nitrogens with two attached hydrogens (primary N) is 1. The van der Waals surface area contributed by atoms with Crippen LogP contribution in [0.2, 0.25) is 0 Å². The lowest BCUT2D eigenvalue weighted by molar-refractivity contribution is -0.142. The maximum Gasteiger partial charge on any atom is 0.347 e. The van der Waals surface area contributed by atoms with Crippen LogP contribution in [0.25, 0.3) is 0 Å². The van der Waals surface area contributed by atoms with E-state index in [1.54, 1.807) is 0 Å². The van der Waals surface area contributed by atoms with Gasteiger partial charge in [-0.2, -0.15) is 0 Å². The van der Waals surface area contributed by atoms with E-state index in [1.807, 2.05) is 0 Å². The molecular weight excluding hydrogens is 355 g/mol. The number of hydrogen-bond acceptors (Lipinski definition) is 5. The fourth-order valence-corrected chi connectivity index (χ4v) is 2.63. The highest BCUT2D eigenvalue weighted by Crippen LogP contribution is 2.43. The van der Waals surface area contributed by atoms with E-state index in [4.69, 9.17) is 5.73 Å². The van der Waals surface area contributed by atoms with E-state index in [0.29, 0.717) is 4.90 Å². The Morgan fingerprint density at radius 2 is 1.48 bits per heavy atom. The van der Waals surface area contributed by atoms with Crippen LogP contribution in [0.15, 0.2) is 0 Å². The molecule has 0 unspecified atom stereocenters. The van der Waals surface area contributed by atoms with Crippen LogP contribution in [0.4, 0.5) is 0 Å². The molecule has 144 valence electrons. The molecule has 0 aromatic rings. The van der Waals surface area contributed by atoms with Gasteiger partial charge in [-0.25, -0.2) is 0 Å². The van der Waals surface area contributed by atoms with E-state index in [9.17, 15) is 33.5 Å². The number of carbonyl (C=O) groups is 4. The van der Waals surface area contributed by atoms with Gasteiger partial charge in [0.1, 0.15) is 23.9 Å². The molecule has 11 nitrogen and oxygen atoms in total. The van der Waals surface area contributed by atoms with E-state index in [2.05, 4.69) is 10.6 Å². The zero-order chi connectivity index (χ0) is 20.1. The van der Waals surface area contributed by atoms with Gasteiger partial charge < -0.3 is 31.1 Å². The molecule has 25 heavy (non-hydrogen) atoms. The first-order valence-electron chi connectivity index (χ1n) is 7.44. The molecule has 0 saturated heterocycles. The first kappa shape index (κ1) is 23.0. The van der Waals surface area contributed by atoms with Crippen molar-refractivity contribution in [1.29, 1.82) is 0 Å². The van der Waals surface area contributed by atoms with Crippen LogP contribution in [0.1, 0.15) is 34.6 Å². The average Bonchev–Trinajstić information content (AvgIpc) is 2.44. The van der Waals surface area contributed by atoms with Gasteiger partial charge in [0.25, 0.3) is 0 Å². The van der Waals surface area contributed by atoms with Crippen LogP contribution in [0, 0.1) is 0 Å². The summed E-state index contributed by atoms with van der Waals surface area (Å²) in [6, 6.07) is -3.43. The Morgan fingerprint density at radius 3 is 1.84 bits per heavy atom. The van der Waals surface area contributed by atoms with Gasteiger partial charge in [0, 0.05) is 6.92 Å². The lowest BCUT2D eigenvalue weighted by atomic mass is 10.2. The summed E-state index contributed by atoms with van der Waals surface area (Å²) in [6.07, 6.45) is 0. The van der Waals surface area contributed by atoms with Crippen molar-refractivity contribution >= 4 is 31.2 Å². The number of rotatable bonds is 8. The Hall–Kier alpha value is -1.97. The summed E-state index contributed by atoms with van der Waals surface area (Å²) in [5, 5.41) is 4.64. The van der Waals surface area contributed by atoms with Crippen LogP contribution in [-0.2, 0) is 23.7 Å². The third-order valence-corrected chi connectivity index (χ3v) is 4.74. The fraction of sp³-hybridized carbons (Fsp3) is 0.692. The molecule has 0 spiro atoms. The molecule has 0 rings (SSSR count). The van der Waals surface area contributed by atoms with Crippen molar-refractivity contribution in [2.45, 2.75) is 58.5 Å². The molecule has 0 saturated carbocycles. The molecule has 0 radical (unpaired) electrons. The third kappa shape index (κ3) is 6.81. The van der Waals surface area contributed by atoms with Crippen molar-refractivity contribution in [3.8, 4) is 0 Å². The van der Waals surface area contributed by atoms with Gasteiger partial charge in [-0.15, -0.1) is 0 Å². The molecular formula is C13H25N4O7P. The highest BCUT2D eigenvalue weighted by molar-refractivity contribution is 7.52. The molecule has 0 aromatic heterocycles. The second-order valence-electron chi connectivity index (χ2n) is 5.70. The van der Waals surface area contributed by atoms with E-state index in [0.717, 1.165) is 6.92 Å². The highest BCUT2D eigenvalue weighted by Gasteiger charge is 2.40. The summed E-state index contributed by atoms with van der Waals surface area (Å²) in [6.45, 7) is 6.20. The molecule has 0 heterocycles. The SMILES string of the molecule is CC(=O)N[C@@H](C)C(=O)N[C@@H](C)C(=O)N([C@@H](C)P(=O)(O)O)[C@@H](C)C(N)=O. The minimum Gasteiger partial charge on any atom is -0.368 e. The predicted molar refractivity (Wildman–Crippen MR) is 87.9 cm³/mol. The normalized spacial score (nSPS) is 16.1. The number of carbonyl (C=O) groups excluding carboxylic acids is 4. The third-order valence-electron chi connectivity index (χ3n) is 3.52. The fourth-order valence-electron chi connectivity index (χ4n) is 1.99. The minimum absolute atomic E-state index is 0.444. The first-order chi connectivity index (χ1) is 11.2. The Bertz CT molecular complexity index is 591. The molecule has 0 fully saturated rings. The van der Waals surface area contributed by atoms with Crippen LogP contribution >= 0.6 is 7.60 Å². The molecule has 0 aliphatic heterocycles. The first-order valence-corrected chi connectivity index (χ1v) is 9.12. The van der Waals surface area contributed by atoms with Crippen molar-refractivity contribution in [2.24, 2.45) is 5.73 Å². The van der Waals surface area contributed by atoms with Gasteiger partial charge in [0.05, 0.1) is 0 Å². The van der Waals surface area contributed by atoms with Gasteiger partial charge in [0.2, 0.25) is 23.6 Å².